The number of piperidine rings is 2. The predicted molar refractivity (Wildman–Crippen MR) is 108 cm³/mol. The number of benzene rings is 1. The maximum Gasteiger partial charge on any atom is 0.416 e. The lowest BCUT2D eigenvalue weighted by Crippen LogP contribution is -2.48. The van der Waals surface area contributed by atoms with Gasteiger partial charge in [0, 0.05) is 43.7 Å². The Bertz CT molecular complexity index is 720. The van der Waals surface area contributed by atoms with Crippen LogP contribution in [-0.4, -0.2) is 60.4 Å². The van der Waals surface area contributed by atoms with Gasteiger partial charge in [-0.3, -0.25) is 9.59 Å². The molecule has 0 aliphatic carbocycles. The van der Waals surface area contributed by atoms with Crippen molar-refractivity contribution in [3.8, 4) is 0 Å². The van der Waals surface area contributed by atoms with Crippen LogP contribution in [0, 0.1) is 5.92 Å². The van der Waals surface area contributed by atoms with Gasteiger partial charge in [0.1, 0.15) is 0 Å². The van der Waals surface area contributed by atoms with E-state index in [-0.39, 0.29) is 29.3 Å². The molecule has 1 aromatic carbocycles. The number of carbonyl (C=O) groups is 2. The van der Waals surface area contributed by atoms with Crippen molar-refractivity contribution < 1.29 is 22.8 Å². The molecule has 0 unspecified atom stereocenters. The molecule has 2 aliphatic rings. The van der Waals surface area contributed by atoms with Crippen molar-refractivity contribution in [3.05, 3.63) is 35.4 Å². The number of rotatable bonds is 5. The zero-order chi connectivity index (χ0) is 21.7. The van der Waals surface area contributed by atoms with Gasteiger partial charge in [0.25, 0.3) is 5.91 Å². The molecule has 2 amide bonds. The van der Waals surface area contributed by atoms with E-state index in [9.17, 15) is 22.8 Å². The van der Waals surface area contributed by atoms with Crippen LogP contribution in [0.1, 0.15) is 54.9 Å². The summed E-state index contributed by atoms with van der Waals surface area (Å²) in [6.07, 6.45) is -0.186. The second-order valence-corrected chi connectivity index (χ2v) is 8.27. The standard InChI is InChI=1S/C22H30F3N3O2/c1-2-11-27-12-9-19(10-13-27)26-20(29)16-7-14-28(15-8-16)21(30)17-3-5-18(6-4-17)22(23,24)25/h3-6,16,19H,2,7-15H2,1H3,(H,26,29). The fourth-order valence-corrected chi connectivity index (χ4v) is 4.27. The molecule has 3 rings (SSSR count). The summed E-state index contributed by atoms with van der Waals surface area (Å²) < 4.78 is 38.0. The summed E-state index contributed by atoms with van der Waals surface area (Å²) in [7, 11) is 0. The molecular formula is C22H30F3N3O2. The maximum absolute atomic E-state index is 12.7. The second kappa shape index (κ2) is 9.81. The van der Waals surface area contributed by atoms with E-state index in [4.69, 9.17) is 0 Å². The first-order valence-electron chi connectivity index (χ1n) is 10.8. The van der Waals surface area contributed by atoms with E-state index in [2.05, 4.69) is 17.1 Å². The average molecular weight is 425 g/mol. The Hall–Kier alpha value is -2.09. The van der Waals surface area contributed by atoms with Crippen molar-refractivity contribution in [2.45, 2.75) is 51.2 Å². The van der Waals surface area contributed by atoms with E-state index in [0.717, 1.165) is 51.0 Å². The Kier molecular flexibility index (Phi) is 7.39. The van der Waals surface area contributed by atoms with Gasteiger partial charge in [0.15, 0.2) is 0 Å². The minimum atomic E-state index is -4.42. The Morgan fingerprint density at radius 3 is 2.13 bits per heavy atom. The van der Waals surface area contributed by atoms with Crippen LogP contribution in [0.3, 0.4) is 0 Å². The number of likely N-dealkylation sites (tertiary alicyclic amines) is 2. The van der Waals surface area contributed by atoms with Crippen molar-refractivity contribution in [1.82, 2.24) is 15.1 Å². The first-order chi connectivity index (χ1) is 14.3. The molecule has 166 valence electrons. The number of hydrogen-bond donors (Lipinski definition) is 1. The summed E-state index contributed by atoms with van der Waals surface area (Å²) in [6, 6.07) is 4.51. The van der Waals surface area contributed by atoms with Crippen LogP contribution >= 0.6 is 0 Å². The van der Waals surface area contributed by atoms with Crippen molar-refractivity contribution in [2.24, 2.45) is 5.92 Å². The van der Waals surface area contributed by atoms with Gasteiger partial charge >= 0.3 is 6.18 Å². The molecule has 0 saturated carbocycles. The molecule has 1 aromatic rings. The Morgan fingerprint density at radius 1 is 1.00 bits per heavy atom. The molecule has 30 heavy (non-hydrogen) atoms. The van der Waals surface area contributed by atoms with Crippen molar-refractivity contribution in [3.63, 3.8) is 0 Å². The number of carbonyl (C=O) groups excluding carboxylic acids is 2. The molecule has 5 nitrogen and oxygen atoms in total. The Morgan fingerprint density at radius 2 is 1.60 bits per heavy atom. The first-order valence-corrected chi connectivity index (χ1v) is 10.8. The van der Waals surface area contributed by atoms with Crippen molar-refractivity contribution in [2.75, 3.05) is 32.7 Å². The van der Waals surface area contributed by atoms with Gasteiger partial charge < -0.3 is 15.1 Å². The van der Waals surface area contributed by atoms with Crippen LogP contribution in [0.4, 0.5) is 13.2 Å². The van der Waals surface area contributed by atoms with E-state index in [1.165, 1.54) is 12.1 Å². The number of halogens is 3. The van der Waals surface area contributed by atoms with Gasteiger partial charge in [-0.2, -0.15) is 13.2 Å². The summed E-state index contributed by atoms with van der Waals surface area (Å²) in [5.41, 5.74) is -0.528. The van der Waals surface area contributed by atoms with Crippen LogP contribution in [-0.2, 0) is 11.0 Å². The van der Waals surface area contributed by atoms with E-state index >= 15 is 0 Å². The molecule has 0 atom stereocenters. The summed E-state index contributed by atoms with van der Waals surface area (Å²) >= 11 is 0. The Labute approximate surface area is 175 Å². The minimum Gasteiger partial charge on any atom is -0.353 e. The largest absolute Gasteiger partial charge is 0.416 e. The van der Waals surface area contributed by atoms with E-state index in [1.54, 1.807) is 4.90 Å². The highest BCUT2D eigenvalue weighted by Crippen LogP contribution is 2.29. The predicted octanol–water partition coefficient (Wildman–Crippen LogP) is 3.55. The van der Waals surface area contributed by atoms with Gasteiger partial charge in [0.05, 0.1) is 5.56 Å². The topological polar surface area (TPSA) is 52.7 Å². The van der Waals surface area contributed by atoms with Crippen LogP contribution in [0.25, 0.3) is 0 Å². The SMILES string of the molecule is CCCN1CCC(NC(=O)C2CCN(C(=O)c3ccc(C(F)(F)F)cc3)CC2)CC1. The zero-order valence-corrected chi connectivity index (χ0v) is 17.4. The third kappa shape index (κ3) is 5.74. The monoisotopic (exact) mass is 425 g/mol. The van der Waals surface area contributed by atoms with Gasteiger partial charge in [0.2, 0.25) is 5.91 Å². The quantitative estimate of drug-likeness (QED) is 0.785. The molecule has 0 spiro atoms. The van der Waals surface area contributed by atoms with Crippen molar-refractivity contribution >= 4 is 11.8 Å². The minimum absolute atomic E-state index is 0.0607. The normalized spacial score (nSPS) is 19.7. The van der Waals surface area contributed by atoms with E-state index < -0.39 is 11.7 Å². The molecule has 1 N–H and O–H groups in total. The first kappa shape index (κ1) is 22.6. The number of nitrogens with one attached hydrogen (secondary N) is 1. The van der Waals surface area contributed by atoms with Gasteiger partial charge in [-0.1, -0.05) is 6.92 Å². The van der Waals surface area contributed by atoms with Crippen LogP contribution < -0.4 is 5.32 Å². The smallest absolute Gasteiger partial charge is 0.353 e. The molecule has 8 heteroatoms. The number of hydrogen-bond acceptors (Lipinski definition) is 3. The zero-order valence-electron chi connectivity index (χ0n) is 17.4. The van der Waals surface area contributed by atoms with Gasteiger partial charge in [-0.05, 0) is 62.9 Å². The molecule has 0 bridgehead atoms. The fraction of sp³-hybridized carbons (Fsp3) is 0.636. The van der Waals surface area contributed by atoms with E-state index in [1.807, 2.05) is 0 Å². The summed E-state index contributed by atoms with van der Waals surface area (Å²) in [6.45, 7) is 6.17. The fourth-order valence-electron chi connectivity index (χ4n) is 4.27. The molecule has 2 aliphatic heterocycles. The van der Waals surface area contributed by atoms with Crippen LogP contribution in [0.2, 0.25) is 0 Å². The summed E-state index contributed by atoms with van der Waals surface area (Å²) in [5.74, 6) is -0.341. The molecule has 2 fully saturated rings. The number of nitrogens with zero attached hydrogens (tertiary/aromatic N) is 2. The van der Waals surface area contributed by atoms with Gasteiger partial charge in [-0.15, -0.1) is 0 Å². The third-order valence-corrected chi connectivity index (χ3v) is 6.09. The molecular weight excluding hydrogens is 395 g/mol. The van der Waals surface area contributed by atoms with Crippen LogP contribution in [0.15, 0.2) is 24.3 Å². The van der Waals surface area contributed by atoms with Gasteiger partial charge in [-0.25, -0.2) is 0 Å². The lowest BCUT2D eigenvalue weighted by molar-refractivity contribution is -0.137. The lowest BCUT2D eigenvalue weighted by atomic mass is 9.94. The molecule has 0 aromatic heterocycles. The van der Waals surface area contributed by atoms with Crippen molar-refractivity contribution in [1.29, 1.82) is 0 Å². The molecule has 0 radical (unpaired) electrons. The highest BCUT2D eigenvalue weighted by Gasteiger charge is 2.32. The molecule has 2 heterocycles. The lowest BCUT2D eigenvalue weighted by Gasteiger charge is -2.35. The second-order valence-electron chi connectivity index (χ2n) is 8.27. The van der Waals surface area contributed by atoms with Crippen LogP contribution in [0.5, 0.6) is 0 Å². The summed E-state index contributed by atoms with van der Waals surface area (Å²) in [5, 5.41) is 3.17. The average Bonchev–Trinajstić information content (AvgIpc) is 2.74. The maximum atomic E-state index is 12.7. The summed E-state index contributed by atoms with van der Waals surface area (Å²) in [4.78, 5) is 29.2. The third-order valence-electron chi connectivity index (χ3n) is 6.09. The number of amides is 2. The highest BCUT2D eigenvalue weighted by molar-refractivity contribution is 5.94. The van der Waals surface area contributed by atoms with E-state index in [0.29, 0.717) is 25.9 Å². The highest BCUT2D eigenvalue weighted by atomic mass is 19.4. The molecule has 2 saturated heterocycles. The number of alkyl halides is 3. The Balaban J connectivity index is 1.45.